The third kappa shape index (κ3) is 6.18. The summed E-state index contributed by atoms with van der Waals surface area (Å²) in [5.74, 6) is -0.582. The molecule has 4 rings (SSSR count). The molecule has 0 N–H and O–H groups in total. The van der Waals surface area contributed by atoms with Gasteiger partial charge in [-0.3, -0.25) is 9.69 Å². The van der Waals surface area contributed by atoms with Crippen molar-refractivity contribution < 1.29 is 27.1 Å². The number of likely N-dealkylation sites (tertiary alicyclic amines) is 1. The van der Waals surface area contributed by atoms with Crippen molar-refractivity contribution in [2.75, 3.05) is 25.9 Å². The molecule has 0 bridgehead atoms. The van der Waals surface area contributed by atoms with Crippen LogP contribution in [0.2, 0.25) is 5.02 Å². The van der Waals surface area contributed by atoms with E-state index >= 15 is 0 Å². The van der Waals surface area contributed by atoms with E-state index < -0.39 is 15.7 Å². The Morgan fingerprint density at radius 2 is 1.83 bits per heavy atom. The van der Waals surface area contributed by atoms with Crippen molar-refractivity contribution in [2.45, 2.75) is 30.8 Å². The molecule has 0 spiro atoms. The fraction of sp³-hybridized carbons (Fsp3) is 0.320. The minimum Gasteiger partial charge on any atom is -0.474 e. The number of ether oxygens (including phenoxy) is 2. The van der Waals surface area contributed by atoms with Crippen LogP contribution in [0.4, 0.5) is 4.39 Å². The van der Waals surface area contributed by atoms with E-state index in [1.807, 2.05) is 0 Å². The van der Waals surface area contributed by atoms with Crippen molar-refractivity contribution in [1.29, 1.82) is 0 Å². The number of piperidine rings is 1. The first-order chi connectivity index (χ1) is 17.1. The Kier molecular flexibility index (Phi) is 7.87. The highest BCUT2D eigenvalue weighted by molar-refractivity contribution is 7.90. The predicted octanol–water partition coefficient (Wildman–Crippen LogP) is 4.50. The zero-order chi connectivity index (χ0) is 25.9. The van der Waals surface area contributed by atoms with Crippen LogP contribution in [0.15, 0.2) is 53.7 Å². The maximum atomic E-state index is 14.4. The van der Waals surface area contributed by atoms with E-state index in [4.69, 9.17) is 21.1 Å². The number of carbonyl (C=O) groups excluding carboxylic acids is 1. The lowest BCUT2D eigenvalue weighted by Gasteiger charge is -2.31. The van der Waals surface area contributed by atoms with E-state index in [1.54, 1.807) is 31.2 Å². The molecule has 1 aliphatic rings. The Morgan fingerprint density at radius 3 is 2.50 bits per heavy atom. The van der Waals surface area contributed by atoms with E-state index in [1.165, 1.54) is 18.5 Å². The minimum absolute atomic E-state index is 0.0230. The van der Waals surface area contributed by atoms with E-state index in [0.29, 0.717) is 48.0 Å². The van der Waals surface area contributed by atoms with Gasteiger partial charge in [-0.2, -0.15) is 0 Å². The van der Waals surface area contributed by atoms with Crippen LogP contribution in [-0.4, -0.2) is 61.1 Å². The molecule has 2 heterocycles. The summed E-state index contributed by atoms with van der Waals surface area (Å²) in [4.78, 5) is 22.8. The van der Waals surface area contributed by atoms with Crippen LogP contribution in [0.3, 0.4) is 0 Å². The molecule has 190 valence electrons. The number of aromatic nitrogens is 2. The lowest BCUT2D eigenvalue weighted by atomic mass is 10.1. The molecule has 0 radical (unpaired) electrons. The molecule has 0 unspecified atom stereocenters. The highest BCUT2D eigenvalue weighted by Gasteiger charge is 2.25. The lowest BCUT2D eigenvalue weighted by molar-refractivity contribution is 0.0774. The van der Waals surface area contributed by atoms with Gasteiger partial charge >= 0.3 is 0 Å². The Balaban J connectivity index is 1.36. The summed E-state index contributed by atoms with van der Waals surface area (Å²) in [6, 6.07) is 10.4. The van der Waals surface area contributed by atoms with Crippen LogP contribution in [0, 0.1) is 12.7 Å². The molecular formula is C25H25ClFN3O5S. The van der Waals surface area contributed by atoms with E-state index in [0.717, 1.165) is 12.3 Å². The first-order valence-corrected chi connectivity index (χ1v) is 13.5. The lowest BCUT2D eigenvalue weighted by Crippen LogP contribution is -2.41. The molecule has 8 nitrogen and oxygen atoms in total. The zero-order valence-electron chi connectivity index (χ0n) is 19.8. The number of ketones is 1. The summed E-state index contributed by atoms with van der Waals surface area (Å²) in [6.45, 7) is 3.33. The maximum absolute atomic E-state index is 14.4. The van der Waals surface area contributed by atoms with Crippen LogP contribution in [-0.2, 0) is 9.84 Å². The van der Waals surface area contributed by atoms with E-state index in [-0.39, 0.29) is 35.0 Å². The maximum Gasteiger partial charge on any atom is 0.229 e. The summed E-state index contributed by atoms with van der Waals surface area (Å²) < 4.78 is 49.3. The van der Waals surface area contributed by atoms with Gasteiger partial charge in [-0.1, -0.05) is 23.7 Å². The van der Waals surface area contributed by atoms with Crippen LogP contribution in [0.1, 0.15) is 28.8 Å². The smallest absolute Gasteiger partial charge is 0.229 e. The molecule has 0 aliphatic carbocycles. The second kappa shape index (κ2) is 10.9. The van der Waals surface area contributed by atoms with Gasteiger partial charge in [0.25, 0.3) is 0 Å². The summed E-state index contributed by atoms with van der Waals surface area (Å²) in [7, 11) is -3.54. The monoisotopic (exact) mass is 533 g/mol. The number of rotatable bonds is 8. The molecule has 36 heavy (non-hydrogen) atoms. The highest BCUT2D eigenvalue weighted by atomic mass is 35.5. The first-order valence-electron chi connectivity index (χ1n) is 11.3. The van der Waals surface area contributed by atoms with Crippen molar-refractivity contribution in [3.63, 3.8) is 0 Å². The molecule has 1 aromatic heterocycles. The number of benzene rings is 2. The summed E-state index contributed by atoms with van der Waals surface area (Å²) in [5, 5.41) is 0.448. The molecule has 11 heteroatoms. The van der Waals surface area contributed by atoms with Crippen molar-refractivity contribution in [3.05, 3.63) is 70.8 Å². The topological polar surface area (TPSA) is 98.7 Å². The van der Waals surface area contributed by atoms with Gasteiger partial charge in [-0.05, 0) is 50.1 Å². The quantitative estimate of drug-likeness (QED) is 0.390. The van der Waals surface area contributed by atoms with Crippen LogP contribution < -0.4 is 9.47 Å². The van der Waals surface area contributed by atoms with Crippen LogP contribution in [0.5, 0.6) is 17.5 Å². The third-order valence-electron chi connectivity index (χ3n) is 5.88. The number of hydrogen-bond acceptors (Lipinski definition) is 8. The molecule has 0 saturated carbocycles. The van der Waals surface area contributed by atoms with Gasteiger partial charge < -0.3 is 9.47 Å². The van der Waals surface area contributed by atoms with Gasteiger partial charge in [0.2, 0.25) is 11.8 Å². The average Bonchev–Trinajstić information content (AvgIpc) is 2.83. The Hall–Kier alpha value is -3.08. The van der Waals surface area contributed by atoms with E-state index in [2.05, 4.69) is 14.9 Å². The first kappa shape index (κ1) is 26.0. The highest BCUT2D eigenvalue weighted by Crippen LogP contribution is 2.31. The van der Waals surface area contributed by atoms with Crippen molar-refractivity contribution in [2.24, 2.45) is 0 Å². The van der Waals surface area contributed by atoms with Crippen LogP contribution in [0.25, 0.3) is 0 Å². The molecule has 1 fully saturated rings. The SMILES string of the molecule is Cc1c(Oc2ccc(S(C)(=O)=O)cc2F)ncnc1OC1CCN(CC(=O)c2ccccc2Cl)CC1. The standard InChI is InChI=1S/C25H25ClFN3O5S/c1-16-24(28-15-29-25(16)35-23-8-7-18(13-21(23)27)36(2,32)33)34-17-9-11-30(12-10-17)14-22(31)19-5-3-4-6-20(19)26/h3-8,13,15,17H,9-12,14H2,1-2H3. The second-order valence-corrected chi connectivity index (χ2v) is 11.0. The van der Waals surface area contributed by atoms with Crippen molar-refractivity contribution >= 4 is 27.2 Å². The number of halogens is 2. The second-order valence-electron chi connectivity index (χ2n) is 8.57. The number of nitrogens with zero attached hydrogens (tertiary/aromatic N) is 3. The third-order valence-corrected chi connectivity index (χ3v) is 7.32. The molecule has 2 aromatic carbocycles. The van der Waals surface area contributed by atoms with Gasteiger partial charge in [0.05, 0.1) is 22.0 Å². The molecule has 0 amide bonds. The summed E-state index contributed by atoms with van der Waals surface area (Å²) in [5.41, 5.74) is 1.00. The molecule has 1 saturated heterocycles. The largest absolute Gasteiger partial charge is 0.474 e. The van der Waals surface area contributed by atoms with Gasteiger partial charge in [0.15, 0.2) is 27.2 Å². The molecule has 1 aliphatic heterocycles. The Labute approximate surface area is 214 Å². The van der Waals surface area contributed by atoms with Crippen molar-refractivity contribution in [1.82, 2.24) is 14.9 Å². The van der Waals surface area contributed by atoms with Crippen LogP contribution >= 0.6 is 11.6 Å². The minimum atomic E-state index is -3.54. The van der Waals surface area contributed by atoms with E-state index in [9.17, 15) is 17.6 Å². The fourth-order valence-electron chi connectivity index (χ4n) is 3.86. The number of Topliss-reactive ketones (excluding diaryl/α,β-unsaturated/α-hetero) is 1. The zero-order valence-corrected chi connectivity index (χ0v) is 21.4. The van der Waals surface area contributed by atoms with Crippen molar-refractivity contribution in [3.8, 4) is 17.5 Å². The predicted molar refractivity (Wildman–Crippen MR) is 132 cm³/mol. The number of hydrogen-bond donors (Lipinski definition) is 0. The number of sulfone groups is 1. The average molecular weight is 534 g/mol. The fourth-order valence-corrected chi connectivity index (χ4v) is 4.73. The molecule has 3 aromatic rings. The van der Waals surface area contributed by atoms with Gasteiger partial charge in [-0.15, -0.1) is 0 Å². The summed E-state index contributed by atoms with van der Waals surface area (Å²) >= 11 is 6.14. The molecular weight excluding hydrogens is 509 g/mol. The number of carbonyl (C=O) groups is 1. The van der Waals surface area contributed by atoms with Gasteiger partial charge in [-0.25, -0.2) is 22.8 Å². The van der Waals surface area contributed by atoms with Gasteiger partial charge in [0.1, 0.15) is 12.4 Å². The Bertz CT molecular complexity index is 1380. The Morgan fingerprint density at radius 1 is 1.14 bits per heavy atom. The molecule has 0 atom stereocenters. The van der Waals surface area contributed by atoms with Gasteiger partial charge in [0, 0.05) is 24.9 Å². The normalized spacial score (nSPS) is 15.0. The summed E-state index contributed by atoms with van der Waals surface area (Å²) in [6.07, 6.45) is 3.53.